The molecule has 8 nitrogen and oxygen atoms in total. The fraction of sp³-hybridized carbons (Fsp3) is 0.321. The molecule has 2 aromatic heterocycles. The van der Waals surface area contributed by atoms with E-state index in [9.17, 15) is 18.0 Å². The molecule has 1 fully saturated rings. The first-order valence-corrected chi connectivity index (χ1v) is 13.2. The normalized spacial score (nSPS) is 14.4. The van der Waals surface area contributed by atoms with Gasteiger partial charge in [-0.15, -0.1) is 0 Å². The number of imidazole rings is 1. The summed E-state index contributed by atoms with van der Waals surface area (Å²) in [6, 6.07) is 12.4. The van der Waals surface area contributed by atoms with Crippen molar-refractivity contribution in [1.29, 1.82) is 0 Å². The third-order valence-electron chi connectivity index (χ3n) is 6.77. The van der Waals surface area contributed by atoms with Crippen LogP contribution in [0.5, 0.6) is 11.5 Å². The van der Waals surface area contributed by atoms with E-state index in [0.717, 1.165) is 44.3 Å². The summed E-state index contributed by atoms with van der Waals surface area (Å²) in [4.78, 5) is 23.7. The number of alkyl halides is 3. The van der Waals surface area contributed by atoms with Gasteiger partial charge < -0.3 is 19.9 Å². The Balaban J connectivity index is 1.26. The van der Waals surface area contributed by atoms with Gasteiger partial charge in [-0.2, -0.15) is 13.2 Å². The number of hydrogen-bond acceptors (Lipinski definition) is 6. The summed E-state index contributed by atoms with van der Waals surface area (Å²) in [7, 11) is 1.81. The van der Waals surface area contributed by atoms with Crippen LogP contribution in [0.2, 0.25) is 5.02 Å². The zero-order valence-electron chi connectivity index (χ0n) is 21.8. The summed E-state index contributed by atoms with van der Waals surface area (Å²) in [5.74, 6) is 1.26. The molecule has 1 amide bonds. The summed E-state index contributed by atoms with van der Waals surface area (Å²) in [6.07, 6.45) is -2.83. The number of halogens is 4. The van der Waals surface area contributed by atoms with E-state index >= 15 is 0 Å². The smallest absolute Gasteiger partial charge is 0.417 e. The van der Waals surface area contributed by atoms with Crippen LogP contribution in [0, 0.1) is 0 Å². The average Bonchev–Trinajstić information content (AvgIpc) is 3.23. The number of pyridine rings is 1. The van der Waals surface area contributed by atoms with Crippen LogP contribution < -0.4 is 15.4 Å². The average molecular weight is 573 g/mol. The molecule has 0 atom stereocenters. The highest BCUT2D eigenvalue weighted by Crippen LogP contribution is 2.35. The summed E-state index contributed by atoms with van der Waals surface area (Å²) in [5.41, 5.74) is 1.25. The lowest BCUT2D eigenvalue weighted by molar-refractivity contribution is -0.137. The first-order valence-electron chi connectivity index (χ1n) is 12.8. The number of carbonyl (C=O) groups excluding carboxylic acids is 1. The fourth-order valence-electron chi connectivity index (χ4n) is 4.62. The van der Waals surface area contributed by atoms with Crippen molar-refractivity contribution in [3.63, 3.8) is 0 Å². The molecule has 0 spiro atoms. The zero-order valence-corrected chi connectivity index (χ0v) is 22.5. The Morgan fingerprint density at radius 3 is 2.65 bits per heavy atom. The van der Waals surface area contributed by atoms with E-state index in [4.69, 9.17) is 16.3 Å². The predicted molar refractivity (Wildman–Crippen MR) is 146 cm³/mol. The molecule has 2 N–H and O–H groups in total. The predicted octanol–water partition coefficient (Wildman–Crippen LogP) is 4.66. The topological polar surface area (TPSA) is 84.3 Å². The van der Waals surface area contributed by atoms with Crippen molar-refractivity contribution in [2.45, 2.75) is 12.6 Å². The number of aromatic nitrogens is 3. The van der Waals surface area contributed by atoms with Crippen molar-refractivity contribution in [2.24, 2.45) is 7.05 Å². The van der Waals surface area contributed by atoms with Crippen LogP contribution in [0.3, 0.4) is 0 Å². The van der Waals surface area contributed by atoms with Gasteiger partial charge in [-0.25, -0.2) is 4.98 Å². The minimum atomic E-state index is -4.54. The molecule has 210 valence electrons. The van der Waals surface area contributed by atoms with E-state index in [2.05, 4.69) is 25.5 Å². The molecular formula is C28H28ClF3N6O2. The molecule has 5 rings (SSSR count). The first-order chi connectivity index (χ1) is 19.2. The highest BCUT2D eigenvalue weighted by molar-refractivity contribution is 6.31. The molecule has 1 saturated heterocycles. The molecule has 1 aliphatic heterocycles. The quantitative estimate of drug-likeness (QED) is 0.320. The number of benzene rings is 2. The van der Waals surface area contributed by atoms with Crippen LogP contribution in [0.15, 0.2) is 54.7 Å². The Morgan fingerprint density at radius 1 is 1.10 bits per heavy atom. The van der Waals surface area contributed by atoms with E-state index in [1.165, 1.54) is 12.3 Å². The maximum atomic E-state index is 13.3. The lowest BCUT2D eigenvalue weighted by Gasteiger charge is -2.27. The number of hydrogen-bond donors (Lipinski definition) is 2. The lowest BCUT2D eigenvalue weighted by atomic mass is 10.1. The van der Waals surface area contributed by atoms with E-state index < -0.39 is 11.7 Å². The van der Waals surface area contributed by atoms with Crippen LogP contribution in [0.25, 0.3) is 11.0 Å². The SMILES string of the molecule is Cn1c(Cc2ccc(Cl)c(C(F)(F)F)c2)nc2cc(Oc3ccnc(C(=O)NCCN4CCNCC4)c3)ccc21. The second-order valence-electron chi connectivity index (χ2n) is 9.55. The van der Waals surface area contributed by atoms with Gasteiger partial charge in [0.25, 0.3) is 5.91 Å². The number of ether oxygens (including phenoxy) is 1. The van der Waals surface area contributed by atoms with Crippen molar-refractivity contribution in [1.82, 2.24) is 30.1 Å². The Labute approximate surface area is 234 Å². The van der Waals surface area contributed by atoms with E-state index in [-0.39, 0.29) is 23.0 Å². The van der Waals surface area contributed by atoms with Crippen LogP contribution in [-0.4, -0.2) is 64.6 Å². The number of nitrogens with one attached hydrogen (secondary N) is 2. The van der Waals surface area contributed by atoms with E-state index in [0.29, 0.717) is 34.9 Å². The fourth-order valence-corrected chi connectivity index (χ4v) is 4.85. The number of carbonyl (C=O) groups is 1. The number of rotatable bonds is 8. The number of nitrogens with zero attached hydrogens (tertiary/aromatic N) is 4. The Hall–Kier alpha value is -3.67. The molecular weight excluding hydrogens is 545 g/mol. The second-order valence-corrected chi connectivity index (χ2v) is 9.96. The molecule has 0 aliphatic carbocycles. The van der Waals surface area contributed by atoms with Gasteiger partial charge in [-0.1, -0.05) is 17.7 Å². The standard InChI is InChI=1S/C28H28ClF3N6O2/c1-37-25-5-3-19(16-23(25)36-26(37)15-18-2-4-22(29)21(14-18)28(30,31)32)40-20-6-7-34-24(17-20)27(39)35-10-13-38-11-8-33-9-12-38/h2-7,14,16-17,33H,8-13,15H2,1H3,(H,35,39). The summed E-state index contributed by atoms with van der Waals surface area (Å²) >= 11 is 5.76. The van der Waals surface area contributed by atoms with Crippen molar-refractivity contribution in [2.75, 3.05) is 39.3 Å². The van der Waals surface area contributed by atoms with Gasteiger partial charge in [0.2, 0.25) is 0 Å². The van der Waals surface area contributed by atoms with Crippen molar-refractivity contribution < 1.29 is 22.7 Å². The molecule has 0 unspecified atom stereocenters. The minimum Gasteiger partial charge on any atom is -0.457 e. The molecule has 40 heavy (non-hydrogen) atoms. The molecule has 3 heterocycles. The van der Waals surface area contributed by atoms with Gasteiger partial charge in [0.05, 0.1) is 21.6 Å². The van der Waals surface area contributed by atoms with E-state index in [1.807, 2.05) is 17.7 Å². The molecule has 0 bridgehead atoms. The number of fused-ring (bicyclic) bond motifs is 1. The Kier molecular flexibility index (Phi) is 8.24. The molecule has 1 aliphatic rings. The zero-order chi connectivity index (χ0) is 28.3. The first kappa shape index (κ1) is 27.9. The molecule has 0 radical (unpaired) electrons. The molecule has 2 aromatic carbocycles. The Morgan fingerprint density at radius 2 is 1.88 bits per heavy atom. The maximum absolute atomic E-state index is 13.3. The minimum absolute atomic E-state index is 0.194. The van der Waals surface area contributed by atoms with Crippen molar-refractivity contribution in [3.8, 4) is 11.5 Å². The number of piperazine rings is 1. The van der Waals surface area contributed by atoms with Gasteiger partial charge in [-0.05, 0) is 35.9 Å². The van der Waals surface area contributed by atoms with E-state index in [1.54, 1.807) is 30.3 Å². The number of aryl methyl sites for hydroxylation is 1. The molecule has 0 saturated carbocycles. The second kappa shape index (κ2) is 11.8. The monoisotopic (exact) mass is 572 g/mol. The van der Waals surface area contributed by atoms with Gasteiger partial charge in [0, 0.05) is 71.1 Å². The lowest BCUT2D eigenvalue weighted by Crippen LogP contribution is -2.46. The largest absolute Gasteiger partial charge is 0.457 e. The van der Waals surface area contributed by atoms with Crippen LogP contribution in [-0.2, 0) is 19.6 Å². The van der Waals surface area contributed by atoms with Gasteiger partial charge >= 0.3 is 6.18 Å². The van der Waals surface area contributed by atoms with Crippen molar-refractivity contribution >= 4 is 28.5 Å². The van der Waals surface area contributed by atoms with Gasteiger partial charge in [-0.3, -0.25) is 14.7 Å². The molecule has 12 heteroatoms. The van der Waals surface area contributed by atoms with Crippen molar-refractivity contribution in [3.05, 3.63) is 82.4 Å². The third-order valence-corrected chi connectivity index (χ3v) is 7.10. The third kappa shape index (κ3) is 6.55. The number of amides is 1. The highest BCUT2D eigenvalue weighted by atomic mass is 35.5. The summed E-state index contributed by atoms with van der Waals surface area (Å²) < 4.78 is 47.7. The maximum Gasteiger partial charge on any atom is 0.417 e. The van der Waals surface area contributed by atoms with Gasteiger partial charge in [0.1, 0.15) is 23.0 Å². The molecule has 4 aromatic rings. The van der Waals surface area contributed by atoms with Crippen LogP contribution in [0.4, 0.5) is 13.2 Å². The Bertz CT molecular complexity index is 1520. The summed E-state index contributed by atoms with van der Waals surface area (Å²) in [6.45, 7) is 5.12. The highest BCUT2D eigenvalue weighted by Gasteiger charge is 2.33. The summed E-state index contributed by atoms with van der Waals surface area (Å²) in [5, 5.41) is 5.87. The van der Waals surface area contributed by atoms with Gasteiger partial charge in [0.15, 0.2) is 0 Å². The van der Waals surface area contributed by atoms with Crippen LogP contribution in [0.1, 0.15) is 27.4 Å². The van der Waals surface area contributed by atoms with Crippen LogP contribution >= 0.6 is 11.6 Å².